The van der Waals surface area contributed by atoms with Crippen LogP contribution in [0.15, 0.2) is 73.2 Å². The van der Waals surface area contributed by atoms with Crippen LogP contribution in [-0.4, -0.2) is 67.6 Å². The molecule has 0 unspecified atom stereocenters. The van der Waals surface area contributed by atoms with Crippen LogP contribution in [0.25, 0.3) is 39.4 Å². The van der Waals surface area contributed by atoms with Crippen molar-refractivity contribution in [3.8, 4) is 33.8 Å². The van der Waals surface area contributed by atoms with Crippen molar-refractivity contribution in [2.24, 2.45) is 5.41 Å². The summed E-state index contributed by atoms with van der Waals surface area (Å²) in [6, 6.07) is 17.2. The second-order valence-electron chi connectivity index (χ2n) is 10.6. The number of likely N-dealkylation sites (tertiary alicyclic amines) is 2. The van der Waals surface area contributed by atoms with Crippen LogP contribution < -0.4 is 5.73 Å². The summed E-state index contributed by atoms with van der Waals surface area (Å²) in [5.74, 6) is 0.0188. The van der Waals surface area contributed by atoms with Crippen LogP contribution >= 0.6 is 0 Å². The zero-order chi connectivity index (χ0) is 25.9. The highest BCUT2D eigenvalue weighted by Crippen LogP contribution is 2.40. The second kappa shape index (κ2) is 8.68. The predicted molar refractivity (Wildman–Crippen MR) is 144 cm³/mol. The Bertz CT molecular complexity index is 1630. The number of nitrogens with zero attached hydrogens (tertiary/aromatic N) is 7. The van der Waals surface area contributed by atoms with Crippen LogP contribution in [0, 0.1) is 11.2 Å². The molecule has 0 atom stereocenters. The molecule has 0 aliphatic carbocycles. The first-order valence-corrected chi connectivity index (χ1v) is 12.7. The van der Waals surface area contributed by atoms with Gasteiger partial charge in [0.05, 0.1) is 23.1 Å². The smallest absolute Gasteiger partial charge is 0.164 e. The van der Waals surface area contributed by atoms with E-state index < -0.39 is 0 Å². The average Bonchev–Trinajstić information content (AvgIpc) is 3.26. The topological polar surface area (TPSA) is 88.5 Å². The number of hydrogen-bond donors (Lipinski definition) is 1. The Balaban J connectivity index is 1.26. The van der Waals surface area contributed by atoms with Gasteiger partial charge < -0.3 is 10.6 Å². The number of anilines is 1. The second-order valence-corrected chi connectivity index (χ2v) is 10.6. The SMILES string of the molecule is CN1CC2(C1)CN(Cc1ccc(-c3c(-c4cccnc4N)nn4ccc(-c5ccc(F)cn5)nc34)cc1)C2. The van der Waals surface area contributed by atoms with E-state index in [0.717, 1.165) is 23.2 Å². The number of pyridine rings is 2. The fourth-order valence-corrected chi connectivity index (χ4v) is 6.02. The minimum Gasteiger partial charge on any atom is -0.383 e. The van der Waals surface area contributed by atoms with Crippen molar-refractivity contribution in [1.82, 2.24) is 34.4 Å². The van der Waals surface area contributed by atoms with Crippen molar-refractivity contribution >= 4 is 11.5 Å². The quantitative estimate of drug-likeness (QED) is 0.386. The molecule has 5 aromatic rings. The van der Waals surface area contributed by atoms with Gasteiger partial charge in [0.2, 0.25) is 0 Å². The number of nitrogen functional groups attached to an aromatic ring is 1. The molecule has 2 aliphatic heterocycles. The van der Waals surface area contributed by atoms with Gasteiger partial charge in [-0.1, -0.05) is 24.3 Å². The summed E-state index contributed by atoms with van der Waals surface area (Å²) in [5, 5.41) is 4.84. The number of rotatable bonds is 5. The van der Waals surface area contributed by atoms with E-state index in [1.54, 1.807) is 16.8 Å². The number of halogens is 1. The summed E-state index contributed by atoms with van der Waals surface area (Å²) < 4.78 is 15.2. The Labute approximate surface area is 219 Å². The van der Waals surface area contributed by atoms with E-state index in [-0.39, 0.29) is 5.82 Å². The van der Waals surface area contributed by atoms with Gasteiger partial charge in [0.15, 0.2) is 5.65 Å². The molecule has 0 radical (unpaired) electrons. The molecular weight excluding hydrogens is 479 g/mol. The standard InChI is InChI=1S/C29H27FN8/c1-36-15-29(16-36)17-37(18-29)14-19-4-6-20(7-5-19)25-26(22-3-2-11-32-27(22)31)35-38-12-10-24(34-28(25)38)23-9-8-21(30)13-33-23/h2-13H,14-18H2,1H3,(H2,31,32). The van der Waals surface area contributed by atoms with E-state index in [4.69, 9.17) is 15.8 Å². The van der Waals surface area contributed by atoms with Crippen LogP contribution in [0.4, 0.5) is 10.2 Å². The van der Waals surface area contributed by atoms with Crippen molar-refractivity contribution < 1.29 is 4.39 Å². The summed E-state index contributed by atoms with van der Waals surface area (Å²) in [6.45, 7) is 5.70. The molecule has 0 bridgehead atoms. The minimum absolute atomic E-state index is 0.386. The van der Waals surface area contributed by atoms with E-state index >= 15 is 0 Å². The third-order valence-corrected chi connectivity index (χ3v) is 7.55. The van der Waals surface area contributed by atoms with Gasteiger partial charge in [0.25, 0.3) is 0 Å². The van der Waals surface area contributed by atoms with Crippen LogP contribution in [-0.2, 0) is 6.54 Å². The lowest BCUT2D eigenvalue weighted by Crippen LogP contribution is -2.70. The van der Waals surface area contributed by atoms with Crippen LogP contribution in [0.3, 0.4) is 0 Å². The lowest BCUT2D eigenvalue weighted by atomic mass is 9.73. The van der Waals surface area contributed by atoms with Gasteiger partial charge >= 0.3 is 0 Å². The Hall–Kier alpha value is -4.21. The van der Waals surface area contributed by atoms with E-state index in [2.05, 4.69) is 51.1 Å². The molecule has 4 aromatic heterocycles. The van der Waals surface area contributed by atoms with Gasteiger partial charge in [-0.2, -0.15) is 5.10 Å². The first-order chi connectivity index (χ1) is 18.5. The fourth-order valence-electron chi connectivity index (χ4n) is 6.02. The van der Waals surface area contributed by atoms with Gasteiger partial charge in [-0.25, -0.2) is 18.9 Å². The summed E-state index contributed by atoms with van der Waals surface area (Å²) in [4.78, 5) is 18.3. The van der Waals surface area contributed by atoms with E-state index in [1.165, 1.54) is 44.0 Å². The van der Waals surface area contributed by atoms with E-state index in [1.807, 2.05) is 24.4 Å². The van der Waals surface area contributed by atoms with Gasteiger partial charge in [0.1, 0.15) is 17.3 Å². The molecule has 38 heavy (non-hydrogen) atoms. The average molecular weight is 507 g/mol. The lowest BCUT2D eigenvalue weighted by molar-refractivity contribution is -0.107. The largest absolute Gasteiger partial charge is 0.383 e. The van der Waals surface area contributed by atoms with Crippen molar-refractivity contribution in [3.63, 3.8) is 0 Å². The third kappa shape index (κ3) is 3.91. The first-order valence-electron chi connectivity index (χ1n) is 12.7. The lowest BCUT2D eigenvalue weighted by Gasteiger charge is -2.59. The van der Waals surface area contributed by atoms with Crippen molar-refractivity contribution in [1.29, 1.82) is 0 Å². The van der Waals surface area contributed by atoms with E-state index in [0.29, 0.717) is 34.0 Å². The molecule has 2 aliphatic rings. The Morgan fingerprint density at radius 1 is 0.947 bits per heavy atom. The zero-order valence-corrected chi connectivity index (χ0v) is 21.0. The molecule has 6 heterocycles. The van der Waals surface area contributed by atoms with Gasteiger partial charge in [-0.05, 0) is 48.5 Å². The highest BCUT2D eigenvalue weighted by molar-refractivity contribution is 5.93. The molecule has 2 N–H and O–H groups in total. The normalized spacial score (nSPS) is 17.0. The fraction of sp³-hybridized carbons (Fsp3) is 0.241. The monoisotopic (exact) mass is 506 g/mol. The molecule has 2 saturated heterocycles. The third-order valence-electron chi connectivity index (χ3n) is 7.55. The van der Waals surface area contributed by atoms with Crippen LogP contribution in [0.5, 0.6) is 0 Å². The summed E-state index contributed by atoms with van der Waals surface area (Å²) in [7, 11) is 2.19. The predicted octanol–water partition coefficient (Wildman–Crippen LogP) is 3.99. The maximum atomic E-state index is 13.5. The number of hydrogen-bond acceptors (Lipinski definition) is 7. The molecule has 7 rings (SSSR count). The molecule has 2 fully saturated rings. The summed E-state index contributed by atoms with van der Waals surface area (Å²) in [6.07, 6.45) is 4.71. The zero-order valence-electron chi connectivity index (χ0n) is 21.0. The number of benzene rings is 1. The highest BCUT2D eigenvalue weighted by atomic mass is 19.1. The number of fused-ring (bicyclic) bond motifs is 1. The Morgan fingerprint density at radius 3 is 2.47 bits per heavy atom. The highest BCUT2D eigenvalue weighted by Gasteiger charge is 2.49. The Morgan fingerprint density at radius 2 is 1.76 bits per heavy atom. The van der Waals surface area contributed by atoms with Crippen LogP contribution in [0.2, 0.25) is 0 Å². The maximum absolute atomic E-state index is 13.5. The van der Waals surface area contributed by atoms with Crippen molar-refractivity contribution in [2.45, 2.75) is 6.54 Å². The van der Waals surface area contributed by atoms with Gasteiger partial charge in [-0.15, -0.1) is 0 Å². The minimum atomic E-state index is -0.386. The molecule has 9 heteroatoms. The summed E-state index contributed by atoms with van der Waals surface area (Å²) in [5.41, 5.74) is 13.3. The molecule has 1 spiro atoms. The molecule has 0 amide bonds. The summed E-state index contributed by atoms with van der Waals surface area (Å²) >= 11 is 0. The molecule has 190 valence electrons. The molecule has 1 aromatic carbocycles. The number of aromatic nitrogens is 5. The molecule has 0 saturated carbocycles. The number of nitrogens with two attached hydrogens (primary N) is 1. The molecular formula is C29H27FN8. The maximum Gasteiger partial charge on any atom is 0.164 e. The van der Waals surface area contributed by atoms with Crippen molar-refractivity contribution in [3.05, 3.63) is 84.6 Å². The first kappa shape index (κ1) is 22.9. The van der Waals surface area contributed by atoms with Crippen molar-refractivity contribution in [2.75, 3.05) is 39.0 Å². The van der Waals surface area contributed by atoms with Gasteiger partial charge in [-0.3, -0.25) is 9.88 Å². The van der Waals surface area contributed by atoms with Crippen LogP contribution in [0.1, 0.15) is 5.56 Å². The van der Waals surface area contributed by atoms with Gasteiger partial charge in [0, 0.05) is 56.1 Å². The Kier molecular flexibility index (Phi) is 5.24. The molecule has 8 nitrogen and oxygen atoms in total. The van der Waals surface area contributed by atoms with E-state index in [9.17, 15) is 4.39 Å².